The molecule has 7 rings (SSSR count). The number of rotatable bonds is 6. The molecule has 3 aliphatic rings. The molecule has 0 bridgehead atoms. The first-order valence-corrected chi connectivity index (χ1v) is 18.5. The van der Waals surface area contributed by atoms with E-state index in [4.69, 9.17) is 9.47 Å². The summed E-state index contributed by atoms with van der Waals surface area (Å²) in [5, 5.41) is 20.3. The lowest BCUT2D eigenvalue weighted by atomic mass is 9.66. The highest BCUT2D eigenvalue weighted by atomic mass is 16.6. The molecular formula is C44H40O10. The average molecular weight is 729 g/mol. The predicted molar refractivity (Wildman–Crippen MR) is 198 cm³/mol. The molecular weight excluding hydrogens is 688 g/mol. The third-order valence-corrected chi connectivity index (χ3v) is 11.4. The van der Waals surface area contributed by atoms with Crippen LogP contribution in [0.1, 0.15) is 155 Å². The van der Waals surface area contributed by atoms with Crippen molar-refractivity contribution >= 4 is 35.8 Å². The van der Waals surface area contributed by atoms with Crippen molar-refractivity contribution in [1.82, 2.24) is 0 Å². The smallest absolute Gasteiger partial charge is 0.347 e. The Bertz CT molecular complexity index is 2120. The summed E-state index contributed by atoms with van der Waals surface area (Å²) >= 11 is 0. The zero-order valence-corrected chi connectivity index (χ0v) is 30.2. The van der Waals surface area contributed by atoms with Gasteiger partial charge in [0, 0.05) is 16.5 Å². The van der Waals surface area contributed by atoms with E-state index in [9.17, 15) is 39.0 Å². The van der Waals surface area contributed by atoms with Crippen molar-refractivity contribution in [2.45, 2.75) is 89.9 Å². The van der Waals surface area contributed by atoms with Gasteiger partial charge in [-0.1, -0.05) is 94.2 Å². The third-order valence-electron chi connectivity index (χ3n) is 11.4. The maximum Gasteiger partial charge on any atom is 0.347 e. The van der Waals surface area contributed by atoms with E-state index < -0.39 is 41.2 Å². The van der Waals surface area contributed by atoms with Gasteiger partial charge in [-0.15, -0.1) is 0 Å². The quantitative estimate of drug-likeness (QED) is 0.145. The molecule has 2 aliphatic heterocycles. The molecule has 0 amide bonds. The number of esters is 4. The number of aromatic carboxylic acids is 2. The van der Waals surface area contributed by atoms with Gasteiger partial charge >= 0.3 is 35.8 Å². The van der Waals surface area contributed by atoms with Crippen LogP contribution in [0.25, 0.3) is 22.3 Å². The number of carboxylic acid groups (broad SMARTS) is 2. The maximum atomic E-state index is 12.9. The zero-order valence-electron chi connectivity index (χ0n) is 30.2. The van der Waals surface area contributed by atoms with Crippen molar-refractivity contribution in [2.75, 3.05) is 0 Å². The normalized spacial score (nSPS) is 17.1. The number of carboxylic acids is 2. The molecule has 0 spiro atoms. The number of carbonyl (C=O) groups excluding carboxylic acids is 4. The molecule has 4 aromatic rings. The monoisotopic (exact) mass is 728 g/mol. The molecule has 0 atom stereocenters. The molecule has 2 heterocycles. The molecule has 1 aliphatic carbocycles. The molecule has 1 fully saturated rings. The van der Waals surface area contributed by atoms with Crippen molar-refractivity contribution < 1.29 is 48.5 Å². The van der Waals surface area contributed by atoms with Gasteiger partial charge in [-0.05, 0) is 84.3 Å². The third kappa shape index (κ3) is 6.29. The molecule has 54 heavy (non-hydrogen) atoms. The van der Waals surface area contributed by atoms with Crippen LogP contribution in [0.15, 0.2) is 60.7 Å². The van der Waals surface area contributed by atoms with Crippen LogP contribution in [0.5, 0.6) is 0 Å². The number of hydrogen-bond donors (Lipinski definition) is 2. The summed E-state index contributed by atoms with van der Waals surface area (Å²) in [6.07, 6.45) is 11.5. The summed E-state index contributed by atoms with van der Waals surface area (Å²) in [4.78, 5) is 75.6. The summed E-state index contributed by atoms with van der Waals surface area (Å²) in [7, 11) is 0. The number of hydrogen-bond acceptors (Lipinski definition) is 8. The molecule has 276 valence electrons. The van der Waals surface area contributed by atoms with Crippen molar-refractivity contribution in [3.63, 3.8) is 0 Å². The van der Waals surface area contributed by atoms with Crippen LogP contribution in [-0.2, 0) is 14.9 Å². The number of benzene rings is 4. The van der Waals surface area contributed by atoms with Gasteiger partial charge in [0.2, 0.25) is 0 Å². The predicted octanol–water partition coefficient (Wildman–Crippen LogP) is 9.25. The fourth-order valence-electron chi connectivity index (χ4n) is 8.71. The summed E-state index contributed by atoms with van der Waals surface area (Å²) in [5.74, 6) is -5.85. The highest BCUT2D eigenvalue weighted by Gasteiger charge is 2.39. The van der Waals surface area contributed by atoms with Gasteiger partial charge in [0.1, 0.15) is 0 Å². The number of aryl methyl sites for hydroxylation is 2. The number of carbonyl (C=O) groups is 6. The Hall–Kier alpha value is -5.90. The van der Waals surface area contributed by atoms with Crippen LogP contribution in [0, 0.1) is 13.8 Å². The van der Waals surface area contributed by atoms with Gasteiger partial charge in [-0.25, -0.2) is 28.8 Å². The van der Waals surface area contributed by atoms with Gasteiger partial charge < -0.3 is 19.7 Å². The second kappa shape index (κ2) is 14.5. The molecule has 1 saturated carbocycles. The standard InChI is InChI=1S/C44H40O10/c1-24-22-26(12-14-28(24)34-30(38(45)46)16-18-32-36(34)42(51)53-40(32)49)44(20-10-8-6-4-3-5-7-9-11-21-44)27-13-15-29(25(2)23-27)35-31(39(47)48)17-19-33-37(35)43(52)54-41(33)50/h12-19,22-23H,3-11,20-21H2,1-2H3,(H,45,46)(H,47,48). The lowest BCUT2D eigenvalue weighted by Gasteiger charge is -2.37. The van der Waals surface area contributed by atoms with Gasteiger partial charge in [-0.3, -0.25) is 0 Å². The minimum atomic E-state index is -1.23. The Morgan fingerprint density at radius 1 is 0.481 bits per heavy atom. The van der Waals surface area contributed by atoms with Crippen LogP contribution in [-0.4, -0.2) is 46.0 Å². The largest absolute Gasteiger partial charge is 0.478 e. The van der Waals surface area contributed by atoms with E-state index >= 15 is 0 Å². The van der Waals surface area contributed by atoms with E-state index in [1.54, 1.807) is 0 Å². The lowest BCUT2D eigenvalue weighted by Crippen LogP contribution is -2.29. The fourth-order valence-corrected chi connectivity index (χ4v) is 8.71. The summed E-state index contributed by atoms with van der Waals surface area (Å²) in [5.41, 5.74) is 4.02. The second-order valence-electron chi connectivity index (χ2n) is 14.6. The molecule has 0 radical (unpaired) electrons. The van der Waals surface area contributed by atoms with Gasteiger partial charge in [0.15, 0.2) is 0 Å². The minimum absolute atomic E-state index is 0.0302. The Balaban J connectivity index is 1.40. The lowest BCUT2D eigenvalue weighted by molar-refractivity contribution is 0.0426. The second-order valence-corrected chi connectivity index (χ2v) is 14.6. The van der Waals surface area contributed by atoms with Crippen LogP contribution in [0.4, 0.5) is 0 Å². The summed E-state index contributed by atoms with van der Waals surface area (Å²) < 4.78 is 9.78. The van der Waals surface area contributed by atoms with Crippen molar-refractivity contribution in [3.8, 4) is 22.3 Å². The Labute approximate surface area is 312 Å². The van der Waals surface area contributed by atoms with Crippen LogP contribution in [0.3, 0.4) is 0 Å². The van der Waals surface area contributed by atoms with E-state index in [-0.39, 0.29) is 44.5 Å². The van der Waals surface area contributed by atoms with E-state index in [0.29, 0.717) is 11.1 Å². The van der Waals surface area contributed by atoms with Gasteiger partial charge in [0.05, 0.1) is 33.4 Å². The van der Waals surface area contributed by atoms with E-state index in [0.717, 1.165) is 73.6 Å². The molecule has 0 aromatic heterocycles. The van der Waals surface area contributed by atoms with Gasteiger partial charge in [0.25, 0.3) is 0 Å². The number of ether oxygens (including phenoxy) is 2. The molecule has 10 heteroatoms. The molecule has 0 saturated heterocycles. The van der Waals surface area contributed by atoms with E-state index in [1.165, 1.54) is 43.5 Å². The molecule has 0 unspecified atom stereocenters. The Kier molecular flexibility index (Phi) is 9.79. The Morgan fingerprint density at radius 3 is 1.19 bits per heavy atom. The van der Waals surface area contributed by atoms with Crippen LogP contribution >= 0.6 is 0 Å². The minimum Gasteiger partial charge on any atom is -0.478 e. The molecule has 10 nitrogen and oxygen atoms in total. The highest BCUT2D eigenvalue weighted by molar-refractivity contribution is 6.21. The summed E-state index contributed by atoms with van der Waals surface area (Å²) in [6.45, 7) is 3.74. The fraction of sp³-hybridized carbons (Fsp3) is 0.318. The average Bonchev–Trinajstić information content (AvgIpc) is 3.60. The highest BCUT2D eigenvalue weighted by Crippen LogP contribution is 2.47. The first kappa shape index (κ1) is 36.5. The van der Waals surface area contributed by atoms with Crippen LogP contribution < -0.4 is 0 Å². The van der Waals surface area contributed by atoms with Crippen molar-refractivity contribution in [2.24, 2.45) is 0 Å². The molecule has 2 N–H and O–H groups in total. The zero-order chi connectivity index (χ0) is 38.3. The van der Waals surface area contributed by atoms with Crippen molar-refractivity contribution in [3.05, 3.63) is 116 Å². The van der Waals surface area contributed by atoms with Crippen molar-refractivity contribution in [1.29, 1.82) is 0 Å². The van der Waals surface area contributed by atoms with E-state index in [1.807, 2.05) is 50.2 Å². The van der Waals surface area contributed by atoms with E-state index in [2.05, 4.69) is 0 Å². The molecule has 4 aromatic carbocycles. The first-order chi connectivity index (χ1) is 25.9. The van der Waals surface area contributed by atoms with Crippen LogP contribution in [0.2, 0.25) is 0 Å². The number of cyclic esters (lactones) is 4. The first-order valence-electron chi connectivity index (χ1n) is 18.5. The number of fused-ring (bicyclic) bond motifs is 2. The topological polar surface area (TPSA) is 161 Å². The summed E-state index contributed by atoms with van der Waals surface area (Å²) in [6, 6.07) is 17.0. The SMILES string of the molecule is Cc1cc(C2(c3ccc(-c4c(C(=O)O)ccc5c4C(=O)OC5=O)c(C)c3)CCCCCCCCCCC2)ccc1-c1c(C(=O)O)ccc2c1C(=O)OC2=O. The Morgan fingerprint density at radius 2 is 0.833 bits per heavy atom. The maximum absolute atomic E-state index is 12.9. The van der Waals surface area contributed by atoms with Gasteiger partial charge in [-0.2, -0.15) is 0 Å².